The Morgan fingerprint density at radius 1 is 0.629 bits per heavy atom. The predicted molar refractivity (Wildman–Crippen MR) is 149 cm³/mol. The Morgan fingerprint density at radius 2 is 1.06 bits per heavy atom. The molecular weight excluding hydrogens is 434 g/mol. The van der Waals surface area contributed by atoms with Crippen LogP contribution in [0.25, 0.3) is 21.8 Å². The van der Waals surface area contributed by atoms with Gasteiger partial charge < -0.3 is 15.0 Å². The average molecular weight is 478 g/mol. The van der Waals surface area contributed by atoms with Gasteiger partial charge in [-0.15, -0.1) is 0 Å². The quantitative estimate of drug-likeness (QED) is 0.0992. The molecule has 0 amide bonds. The smallest absolute Gasteiger partial charge is 0.0868 e. The van der Waals surface area contributed by atoms with Crippen molar-refractivity contribution in [1.82, 2.24) is 4.57 Å². The highest BCUT2D eigenvalue weighted by atomic mass is 16.4. The van der Waals surface area contributed by atoms with Crippen molar-refractivity contribution < 1.29 is 10.4 Å². The SMILES string of the molecule is CCCCCCC/C(=N\O)c1ccc2c(c1)c1cc(/C(CCCCCCC)=N/O)ccc1n2CC. The zero-order valence-corrected chi connectivity index (χ0v) is 21.9. The van der Waals surface area contributed by atoms with Crippen LogP contribution in [0.15, 0.2) is 46.7 Å². The Labute approximate surface area is 210 Å². The first-order valence-corrected chi connectivity index (χ1v) is 13.7. The molecule has 0 spiro atoms. The van der Waals surface area contributed by atoms with E-state index in [1.54, 1.807) is 0 Å². The highest BCUT2D eigenvalue weighted by molar-refractivity contribution is 6.14. The van der Waals surface area contributed by atoms with E-state index in [0.29, 0.717) is 0 Å². The average Bonchev–Trinajstić information content (AvgIpc) is 3.20. The number of benzene rings is 2. The van der Waals surface area contributed by atoms with Gasteiger partial charge in [0, 0.05) is 39.5 Å². The summed E-state index contributed by atoms with van der Waals surface area (Å²) < 4.78 is 2.32. The summed E-state index contributed by atoms with van der Waals surface area (Å²) in [4.78, 5) is 0. The number of aromatic nitrogens is 1. The molecule has 0 atom stereocenters. The van der Waals surface area contributed by atoms with Gasteiger partial charge in [-0.05, 0) is 56.9 Å². The standard InChI is InChI=1S/C30H43N3O2/c1-4-7-9-11-13-15-27(31-34)23-17-19-29-25(21-23)26-22-24(18-20-30(26)33(29)6-3)28(32-35)16-14-12-10-8-5-2/h17-22,34-35H,4-16H2,1-3H3/b31-27+,32-28+. The summed E-state index contributed by atoms with van der Waals surface area (Å²) >= 11 is 0. The molecule has 35 heavy (non-hydrogen) atoms. The molecule has 3 rings (SSSR count). The molecule has 5 nitrogen and oxygen atoms in total. The van der Waals surface area contributed by atoms with Crippen LogP contribution in [-0.2, 0) is 6.54 Å². The van der Waals surface area contributed by atoms with Gasteiger partial charge in [0.1, 0.15) is 0 Å². The lowest BCUT2D eigenvalue weighted by atomic mass is 9.99. The van der Waals surface area contributed by atoms with Crippen LogP contribution in [-0.4, -0.2) is 26.4 Å². The number of hydrogen-bond donors (Lipinski definition) is 2. The Balaban J connectivity index is 1.90. The Hall–Kier alpha value is -2.82. The van der Waals surface area contributed by atoms with E-state index in [-0.39, 0.29) is 0 Å². The second-order valence-corrected chi connectivity index (χ2v) is 9.63. The van der Waals surface area contributed by atoms with Crippen molar-refractivity contribution in [1.29, 1.82) is 0 Å². The molecule has 0 saturated carbocycles. The van der Waals surface area contributed by atoms with Crippen LogP contribution in [0.3, 0.4) is 0 Å². The zero-order chi connectivity index (χ0) is 25.0. The number of unbranched alkanes of at least 4 members (excludes halogenated alkanes) is 8. The molecule has 3 aromatic rings. The molecule has 190 valence electrons. The van der Waals surface area contributed by atoms with E-state index in [1.807, 2.05) is 0 Å². The maximum atomic E-state index is 9.74. The summed E-state index contributed by atoms with van der Waals surface area (Å²) in [5.74, 6) is 0. The molecule has 2 aromatic carbocycles. The summed E-state index contributed by atoms with van der Waals surface area (Å²) in [6.45, 7) is 7.47. The molecule has 0 fully saturated rings. The van der Waals surface area contributed by atoms with Gasteiger partial charge in [0.25, 0.3) is 0 Å². The van der Waals surface area contributed by atoms with E-state index in [2.05, 4.69) is 72.0 Å². The predicted octanol–water partition coefficient (Wildman–Crippen LogP) is 8.89. The number of nitrogens with zero attached hydrogens (tertiary/aromatic N) is 3. The Morgan fingerprint density at radius 3 is 1.43 bits per heavy atom. The van der Waals surface area contributed by atoms with E-state index in [1.165, 1.54) is 49.6 Å². The summed E-state index contributed by atoms with van der Waals surface area (Å²) in [6.07, 6.45) is 13.4. The molecule has 1 aromatic heterocycles. The number of aryl methyl sites for hydroxylation is 1. The second kappa shape index (κ2) is 13.9. The van der Waals surface area contributed by atoms with E-state index in [9.17, 15) is 10.4 Å². The number of rotatable bonds is 15. The number of oxime groups is 2. The highest BCUT2D eigenvalue weighted by Gasteiger charge is 2.15. The molecular formula is C30H43N3O2. The van der Waals surface area contributed by atoms with Gasteiger partial charge in [-0.25, -0.2) is 0 Å². The molecule has 0 aliphatic heterocycles. The third kappa shape index (κ3) is 6.65. The Kier molecular flexibility index (Phi) is 10.6. The maximum absolute atomic E-state index is 9.74. The lowest BCUT2D eigenvalue weighted by Crippen LogP contribution is -2.01. The van der Waals surface area contributed by atoms with Gasteiger partial charge >= 0.3 is 0 Å². The molecule has 0 bridgehead atoms. The van der Waals surface area contributed by atoms with Crippen LogP contribution in [0.2, 0.25) is 0 Å². The van der Waals surface area contributed by atoms with Crippen LogP contribution in [0.4, 0.5) is 0 Å². The number of fused-ring (bicyclic) bond motifs is 3. The third-order valence-corrected chi connectivity index (χ3v) is 7.12. The second-order valence-electron chi connectivity index (χ2n) is 9.63. The summed E-state index contributed by atoms with van der Waals surface area (Å²) in [7, 11) is 0. The first-order chi connectivity index (χ1) is 17.2. The van der Waals surface area contributed by atoms with Crippen molar-refractivity contribution >= 4 is 33.2 Å². The first kappa shape index (κ1) is 26.8. The lowest BCUT2D eigenvalue weighted by molar-refractivity contribution is 0.317. The highest BCUT2D eigenvalue weighted by Crippen LogP contribution is 2.32. The fourth-order valence-electron chi connectivity index (χ4n) is 5.10. The molecule has 0 unspecified atom stereocenters. The minimum absolute atomic E-state index is 0.752. The van der Waals surface area contributed by atoms with Crippen molar-refractivity contribution in [2.24, 2.45) is 10.3 Å². The van der Waals surface area contributed by atoms with Gasteiger partial charge in [0.15, 0.2) is 0 Å². The molecule has 0 aliphatic carbocycles. The van der Waals surface area contributed by atoms with E-state index in [0.717, 1.165) is 78.4 Å². The molecule has 5 heteroatoms. The van der Waals surface area contributed by atoms with Crippen molar-refractivity contribution in [3.63, 3.8) is 0 Å². The van der Waals surface area contributed by atoms with Crippen molar-refractivity contribution in [2.45, 2.75) is 104 Å². The molecule has 1 heterocycles. The van der Waals surface area contributed by atoms with Crippen LogP contribution >= 0.6 is 0 Å². The van der Waals surface area contributed by atoms with E-state index >= 15 is 0 Å². The van der Waals surface area contributed by atoms with Gasteiger partial charge in [-0.3, -0.25) is 0 Å². The van der Waals surface area contributed by atoms with E-state index < -0.39 is 0 Å². The van der Waals surface area contributed by atoms with Crippen LogP contribution < -0.4 is 0 Å². The normalized spacial score (nSPS) is 12.8. The molecule has 0 radical (unpaired) electrons. The molecule has 2 N–H and O–H groups in total. The largest absolute Gasteiger partial charge is 0.411 e. The van der Waals surface area contributed by atoms with E-state index in [4.69, 9.17) is 0 Å². The van der Waals surface area contributed by atoms with Crippen molar-refractivity contribution in [3.8, 4) is 0 Å². The van der Waals surface area contributed by atoms with Crippen LogP contribution in [0.1, 0.15) is 109 Å². The van der Waals surface area contributed by atoms with Crippen molar-refractivity contribution in [3.05, 3.63) is 47.5 Å². The minimum Gasteiger partial charge on any atom is -0.411 e. The van der Waals surface area contributed by atoms with Gasteiger partial charge in [0.2, 0.25) is 0 Å². The summed E-state index contributed by atoms with van der Waals surface area (Å²) in [6, 6.07) is 12.8. The van der Waals surface area contributed by atoms with Crippen LogP contribution in [0, 0.1) is 0 Å². The van der Waals surface area contributed by atoms with Gasteiger partial charge in [-0.1, -0.05) is 87.7 Å². The topological polar surface area (TPSA) is 70.1 Å². The zero-order valence-electron chi connectivity index (χ0n) is 21.9. The number of hydrogen-bond acceptors (Lipinski definition) is 4. The lowest BCUT2D eigenvalue weighted by Gasteiger charge is -2.07. The Bertz CT molecular complexity index is 1060. The van der Waals surface area contributed by atoms with Gasteiger partial charge in [-0.2, -0.15) is 0 Å². The fraction of sp³-hybridized carbons (Fsp3) is 0.533. The van der Waals surface area contributed by atoms with Gasteiger partial charge in [0.05, 0.1) is 11.4 Å². The minimum atomic E-state index is 0.752. The van der Waals surface area contributed by atoms with Crippen molar-refractivity contribution in [2.75, 3.05) is 0 Å². The van der Waals surface area contributed by atoms with Crippen LogP contribution in [0.5, 0.6) is 0 Å². The first-order valence-electron chi connectivity index (χ1n) is 13.7. The monoisotopic (exact) mass is 477 g/mol. The maximum Gasteiger partial charge on any atom is 0.0868 e. The molecule has 0 saturated heterocycles. The summed E-state index contributed by atoms with van der Waals surface area (Å²) in [5.41, 5.74) is 5.80. The fourth-order valence-corrected chi connectivity index (χ4v) is 5.10. The molecule has 0 aliphatic rings. The summed E-state index contributed by atoms with van der Waals surface area (Å²) in [5, 5.41) is 29.1. The third-order valence-electron chi connectivity index (χ3n) is 7.12.